The molecule has 0 radical (unpaired) electrons. The highest BCUT2D eigenvalue weighted by atomic mass is 35.5. The molecule has 0 unspecified atom stereocenters. The molecule has 0 N–H and O–H groups in total. The summed E-state index contributed by atoms with van der Waals surface area (Å²) in [5.74, 6) is 0.971. The van der Waals surface area contributed by atoms with Crippen molar-refractivity contribution < 1.29 is 0 Å². The summed E-state index contributed by atoms with van der Waals surface area (Å²) in [5, 5.41) is 1.87. The van der Waals surface area contributed by atoms with Crippen molar-refractivity contribution in [1.29, 1.82) is 0 Å². The standard InChI is InChI=1S/C12H13ClN4S/c1-7(2)11-16-9(13)4-10(17-11)18-12-14-5-8(3)6-15-12/h4-7H,1-3H3. The van der Waals surface area contributed by atoms with Crippen LogP contribution in [0.1, 0.15) is 31.2 Å². The Kier molecular flexibility index (Phi) is 4.14. The first-order valence-corrected chi connectivity index (χ1v) is 6.75. The molecule has 4 nitrogen and oxygen atoms in total. The van der Waals surface area contributed by atoms with Gasteiger partial charge >= 0.3 is 0 Å². The molecular formula is C12H13ClN4S. The number of nitrogens with zero attached hydrogens (tertiary/aromatic N) is 4. The van der Waals surface area contributed by atoms with Gasteiger partial charge in [0.25, 0.3) is 0 Å². The highest BCUT2D eigenvalue weighted by Gasteiger charge is 2.09. The minimum Gasteiger partial charge on any atom is -0.231 e. The number of aryl methyl sites for hydroxylation is 1. The quantitative estimate of drug-likeness (QED) is 0.636. The fourth-order valence-corrected chi connectivity index (χ4v) is 2.21. The van der Waals surface area contributed by atoms with E-state index in [1.165, 1.54) is 11.8 Å². The van der Waals surface area contributed by atoms with Gasteiger partial charge in [0.2, 0.25) is 0 Å². The molecule has 2 aromatic heterocycles. The molecule has 0 saturated carbocycles. The highest BCUT2D eigenvalue weighted by Crippen LogP contribution is 2.25. The van der Waals surface area contributed by atoms with E-state index in [9.17, 15) is 0 Å². The predicted molar refractivity (Wildman–Crippen MR) is 72.0 cm³/mol. The smallest absolute Gasteiger partial charge is 0.193 e. The van der Waals surface area contributed by atoms with E-state index in [2.05, 4.69) is 19.9 Å². The van der Waals surface area contributed by atoms with Gasteiger partial charge in [-0.25, -0.2) is 19.9 Å². The van der Waals surface area contributed by atoms with Gasteiger partial charge in [-0.2, -0.15) is 0 Å². The van der Waals surface area contributed by atoms with Gasteiger partial charge in [0.15, 0.2) is 5.16 Å². The van der Waals surface area contributed by atoms with E-state index in [4.69, 9.17) is 11.6 Å². The Labute approximate surface area is 115 Å². The molecule has 2 rings (SSSR count). The van der Waals surface area contributed by atoms with Crippen LogP contribution in [0.3, 0.4) is 0 Å². The number of rotatable bonds is 3. The van der Waals surface area contributed by atoms with Crippen LogP contribution in [0.15, 0.2) is 28.6 Å². The van der Waals surface area contributed by atoms with E-state index in [1.54, 1.807) is 18.5 Å². The van der Waals surface area contributed by atoms with Crippen LogP contribution in [0.2, 0.25) is 5.15 Å². The van der Waals surface area contributed by atoms with Gasteiger partial charge in [0.05, 0.1) is 0 Å². The van der Waals surface area contributed by atoms with Crippen molar-refractivity contribution in [3.05, 3.63) is 35.0 Å². The molecule has 0 spiro atoms. The van der Waals surface area contributed by atoms with Gasteiger partial charge in [-0.1, -0.05) is 25.4 Å². The molecule has 0 aliphatic rings. The molecule has 94 valence electrons. The van der Waals surface area contributed by atoms with Crippen LogP contribution in [0, 0.1) is 6.92 Å². The third kappa shape index (κ3) is 3.40. The zero-order chi connectivity index (χ0) is 13.1. The number of hydrogen-bond acceptors (Lipinski definition) is 5. The van der Waals surface area contributed by atoms with Crippen molar-refractivity contribution in [2.45, 2.75) is 36.9 Å². The maximum atomic E-state index is 5.98. The Bertz CT molecular complexity index is 542. The second-order valence-electron chi connectivity index (χ2n) is 4.19. The van der Waals surface area contributed by atoms with Crippen molar-refractivity contribution in [3.63, 3.8) is 0 Å². The lowest BCUT2D eigenvalue weighted by molar-refractivity contribution is 0.752. The highest BCUT2D eigenvalue weighted by molar-refractivity contribution is 7.99. The molecule has 0 bridgehead atoms. The third-order valence-electron chi connectivity index (χ3n) is 2.16. The summed E-state index contributed by atoms with van der Waals surface area (Å²) in [5.41, 5.74) is 1.03. The summed E-state index contributed by atoms with van der Waals surface area (Å²) >= 11 is 7.36. The van der Waals surface area contributed by atoms with Gasteiger partial charge < -0.3 is 0 Å². The normalized spacial score (nSPS) is 10.9. The first-order chi connectivity index (χ1) is 8.54. The second kappa shape index (κ2) is 5.63. The molecule has 0 saturated heterocycles. The topological polar surface area (TPSA) is 51.6 Å². The van der Waals surface area contributed by atoms with Crippen molar-refractivity contribution in [3.8, 4) is 0 Å². The minimum absolute atomic E-state index is 0.238. The number of halogens is 1. The van der Waals surface area contributed by atoms with Gasteiger partial charge in [-0.05, 0) is 24.2 Å². The minimum atomic E-state index is 0.238. The summed E-state index contributed by atoms with van der Waals surface area (Å²) < 4.78 is 0. The average Bonchev–Trinajstić information content (AvgIpc) is 2.31. The fraction of sp³-hybridized carbons (Fsp3) is 0.333. The van der Waals surface area contributed by atoms with Crippen LogP contribution in [-0.4, -0.2) is 19.9 Å². The van der Waals surface area contributed by atoms with E-state index in [1.807, 2.05) is 20.8 Å². The molecular weight excluding hydrogens is 268 g/mol. The summed E-state index contributed by atoms with van der Waals surface area (Å²) in [6.45, 7) is 6.01. The van der Waals surface area contributed by atoms with Crippen LogP contribution in [-0.2, 0) is 0 Å². The molecule has 2 heterocycles. The SMILES string of the molecule is Cc1cnc(Sc2cc(Cl)nc(C(C)C)n2)nc1. The molecule has 6 heteroatoms. The van der Waals surface area contributed by atoms with Crippen molar-refractivity contribution >= 4 is 23.4 Å². The van der Waals surface area contributed by atoms with Crippen molar-refractivity contribution in [2.75, 3.05) is 0 Å². The lowest BCUT2D eigenvalue weighted by Gasteiger charge is -2.06. The zero-order valence-electron chi connectivity index (χ0n) is 10.4. The summed E-state index contributed by atoms with van der Waals surface area (Å²) in [7, 11) is 0. The van der Waals surface area contributed by atoms with E-state index in [0.29, 0.717) is 10.3 Å². The van der Waals surface area contributed by atoms with Crippen LogP contribution in [0.5, 0.6) is 0 Å². The summed E-state index contributed by atoms with van der Waals surface area (Å²) in [6.07, 6.45) is 3.56. The van der Waals surface area contributed by atoms with Gasteiger partial charge in [0, 0.05) is 24.4 Å². The Morgan fingerprint density at radius 1 is 1.17 bits per heavy atom. The van der Waals surface area contributed by atoms with Gasteiger partial charge in [-0.15, -0.1) is 0 Å². The largest absolute Gasteiger partial charge is 0.231 e. The predicted octanol–water partition coefficient (Wildman–Crippen LogP) is 3.50. The molecule has 18 heavy (non-hydrogen) atoms. The van der Waals surface area contributed by atoms with Crippen molar-refractivity contribution in [1.82, 2.24) is 19.9 Å². The maximum absolute atomic E-state index is 5.98. The third-order valence-corrected chi connectivity index (χ3v) is 3.16. The molecule has 0 amide bonds. The van der Waals surface area contributed by atoms with Gasteiger partial charge in [-0.3, -0.25) is 0 Å². The molecule has 0 fully saturated rings. The van der Waals surface area contributed by atoms with Crippen LogP contribution in [0.25, 0.3) is 0 Å². The Morgan fingerprint density at radius 3 is 2.44 bits per heavy atom. The molecule has 0 aliphatic heterocycles. The van der Waals surface area contributed by atoms with Crippen LogP contribution in [0.4, 0.5) is 0 Å². The lowest BCUT2D eigenvalue weighted by Crippen LogP contribution is -1.99. The second-order valence-corrected chi connectivity index (χ2v) is 5.56. The van der Waals surface area contributed by atoms with Crippen molar-refractivity contribution in [2.24, 2.45) is 0 Å². The Balaban J connectivity index is 2.26. The fourth-order valence-electron chi connectivity index (χ4n) is 1.25. The maximum Gasteiger partial charge on any atom is 0.193 e. The van der Waals surface area contributed by atoms with E-state index >= 15 is 0 Å². The van der Waals surface area contributed by atoms with Crippen LogP contribution < -0.4 is 0 Å². The summed E-state index contributed by atoms with van der Waals surface area (Å²) in [4.78, 5) is 17.1. The number of hydrogen-bond donors (Lipinski definition) is 0. The number of aromatic nitrogens is 4. The van der Waals surface area contributed by atoms with E-state index < -0.39 is 0 Å². The molecule has 0 aromatic carbocycles. The molecule has 0 aliphatic carbocycles. The first kappa shape index (κ1) is 13.2. The lowest BCUT2D eigenvalue weighted by atomic mass is 10.2. The monoisotopic (exact) mass is 280 g/mol. The Hall–Kier alpha value is -1.20. The van der Waals surface area contributed by atoms with Crippen LogP contribution >= 0.6 is 23.4 Å². The Morgan fingerprint density at radius 2 is 1.83 bits per heavy atom. The molecule has 2 aromatic rings. The first-order valence-electron chi connectivity index (χ1n) is 5.55. The zero-order valence-corrected chi connectivity index (χ0v) is 12.0. The molecule has 0 atom stereocenters. The van der Waals surface area contributed by atoms with Gasteiger partial charge in [0.1, 0.15) is 16.0 Å². The average molecular weight is 281 g/mol. The van der Waals surface area contributed by atoms with E-state index in [0.717, 1.165) is 16.4 Å². The summed E-state index contributed by atoms with van der Waals surface area (Å²) in [6, 6.07) is 1.72. The van der Waals surface area contributed by atoms with E-state index in [-0.39, 0.29) is 5.92 Å².